The van der Waals surface area contributed by atoms with Gasteiger partial charge in [0.05, 0.1) is 0 Å². The van der Waals surface area contributed by atoms with Gasteiger partial charge in [0.1, 0.15) is 5.76 Å². The van der Waals surface area contributed by atoms with E-state index in [4.69, 9.17) is 4.52 Å². The van der Waals surface area contributed by atoms with Crippen LogP contribution in [0, 0.1) is 10.8 Å². The highest BCUT2D eigenvalue weighted by molar-refractivity contribution is 5.88. The van der Waals surface area contributed by atoms with Crippen molar-refractivity contribution in [2.24, 2.45) is 10.8 Å². The molecule has 5 nitrogen and oxygen atoms in total. The molecule has 0 radical (unpaired) electrons. The molecule has 1 aliphatic carbocycles. The maximum atomic E-state index is 12.7. The molecular weight excluding hydrogens is 290 g/mol. The molecule has 1 aromatic heterocycles. The van der Waals surface area contributed by atoms with Gasteiger partial charge in [0, 0.05) is 24.1 Å². The van der Waals surface area contributed by atoms with Crippen LogP contribution in [-0.2, 0) is 5.41 Å². The van der Waals surface area contributed by atoms with Crippen LogP contribution in [-0.4, -0.2) is 28.7 Å². The quantitative estimate of drug-likeness (QED) is 0.834. The second-order valence-electron chi connectivity index (χ2n) is 9.60. The van der Waals surface area contributed by atoms with Gasteiger partial charge in [0.25, 0.3) is 0 Å². The van der Waals surface area contributed by atoms with Crippen LogP contribution in [0.5, 0.6) is 0 Å². The number of aromatic nitrogens is 1. The van der Waals surface area contributed by atoms with Crippen LogP contribution in [0.2, 0.25) is 0 Å². The summed E-state index contributed by atoms with van der Waals surface area (Å²) in [6, 6.07) is 2.11. The van der Waals surface area contributed by atoms with Crippen molar-refractivity contribution < 1.29 is 9.32 Å². The average Bonchev–Trinajstić information content (AvgIpc) is 2.90. The Morgan fingerprint density at radius 2 is 2.04 bits per heavy atom. The number of carbonyl (C=O) groups excluding carboxylic acids is 1. The molecule has 2 unspecified atom stereocenters. The highest BCUT2D eigenvalue weighted by Gasteiger charge is 2.51. The summed E-state index contributed by atoms with van der Waals surface area (Å²) in [7, 11) is 0. The summed E-state index contributed by atoms with van der Waals surface area (Å²) in [4.78, 5) is 14.7. The predicted molar refractivity (Wildman–Crippen MR) is 90.5 cm³/mol. The Kier molecular flexibility index (Phi) is 3.54. The third-order valence-electron chi connectivity index (χ3n) is 5.16. The normalized spacial score (nSPS) is 29.7. The molecule has 2 aliphatic rings. The van der Waals surface area contributed by atoms with Crippen molar-refractivity contribution in [3.05, 3.63) is 11.8 Å². The number of urea groups is 1. The molecule has 0 aromatic carbocycles. The smallest absolute Gasteiger partial charge is 0.323 e. The number of amides is 2. The predicted octanol–water partition coefficient (Wildman–Crippen LogP) is 4.40. The van der Waals surface area contributed by atoms with Gasteiger partial charge in [-0.15, -0.1) is 0 Å². The van der Waals surface area contributed by atoms with E-state index >= 15 is 0 Å². The van der Waals surface area contributed by atoms with Gasteiger partial charge in [-0.3, -0.25) is 5.32 Å². The fourth-order valence-electron chi connectivity index (χ4n) is 4.57. The Morgan fingerprint density at radius 3 is 2.65 bits per heavy atom. The summed E-state index contributed by atoms with van der Waals surface area (Å²) in [5.74, 6) is 1.28. The summed E-state index contributed by atoms with van der Waals surface area (Å²) in [5.41, 5.74) is 0.432. The van der Waals surface area contributed by atoms with E-state index in [0.29, 0.717) is 17.3 Å². The molecular formula is C18H29N3O2. The summed E-state index contributed by atoms with van der Waals surface area (Å²) in [5, 5.41) is 6.91. The van der Waals surface area contributed by atoms with E-state index in [9.17, 15) is 4.79 Å². The topological polar surface area (TPSA) is 58.4 Å². The minimum Gasteiger partial charge on any atom is -0.359 e. The van der Waals surface area contributed by atoms with Crippen LogP contribution in [0.1, 0.15) is 66.6 Å². The first-order chi connectivity index (χ1) is 10.5. The van der Waals surface area contributed by atoms with Gasteiger partial charge in [-0.1, -0.05) is 46.7 Å². The third kappa shape index (κ3) is 3.24. The largest absolute Gasteiger partial charge is 0.359 e. The van der Waals surface area contributed by atoms with Crippen molar-refractivity contribution in [3.8, 4) is 0 Å². The zero-order valence-corrected chi connectivity index (χ0v) is 15.2. The zero-order chi connectivity index (χ0) is 17.0. The third-order valence-corrected chi connectivity index (χ3v) is 5.16. The molecule has 2 atom stereocenters. The first-order valence-corrected chi connectivity index (χ1v) is 8.52. The molecule has 23 heavy (non-hydrogen) atoms. The molecule has 1 N–H and O–H groups in total. The molecule has 0 spiro atoms. The lowest BCUT2D eigenvalue weighted by molar-refractivity contribution is 0.130. The van der Waals surface area contributed by atoms with Gasteiger partial charge in [0.15, 0.2) is 5.82 Å². The van der Waals surface area contributed by atoms with Crippen LogP contribution >= 0.6 is 0 Å². The lowest BCUT2D eigenvalue weighted by atomic mass is 9.65. The molecule has 1 saturated heterocycles. The molecule has 1 aliphatic heterocycles. The molecule has 128 valence electrons. The van der Waals surface area contributed by atoms with Gasteiger partial charge >= 0.3 is 6.03 Å². The second kappa shape index (κ2) is 4.99. The number of likely N-dealkylation sites (tertiary alicyclic amines) is 1. The van der Waals surface area contributed by atoms with Crippen LogP contribution in [0.15, 0.2) is 10.6 Å². The van der Waals surface area contributed by atoms with Crippen molar-refractivity contribution >= 4 is 11.8 Å². The molecule has 5 heteroatoms. The fraction of sp³-hybridized carbons (Fsp3) is 0.778. The molecule has 2 amide bonds. The Bertz CT molecular complexity index is 614. The number of rotatable bonds is 1. The highest BCUT2D eigenvalue weighted by atomic mass is 16.5. The number of nitrogens with zero attached hydrogens (tertiary/aromatic N) is 2. The van der Waals surface area contributed by atoms with E-state index in [1.54, 1.807) is 0 Å². The molecule has 2 bridgehead atoms. The van der Waals surface area contributed by atoms with Crippen LogP contribution in [0.25, 0.3) is 0 Å². The van der Waals surface area contributed by atoms with Gasteiger partial charge < -0.3 is 9.42 Å². The van der Waals surface area contributed by atoms with Crippen molar-refractivity contribution in [1.29, 1.82) is 0 Å². The van der Waals surface area contributed by atoms with E-state index in [0.717, 1.165) is 25.1 Å². The Balaban J connectivity index is 1.71. The SMILES string of the molecule is CC1(C)CC2CC(C)(CN2C(=O)Nc2cc(C(C)(C)C)on2)C1. The van der Waals surface area contributed by atoms with Crippen molar-refractivity contribution in [2.75, 3.05) is 11.9 Å². The standard InChI is InChI=1S/C18H29N3O2/c1-16(2,3)13-7-14(20-23-13)19-15(22)21-11-18(6)9-12(21)8-17(4,5)10-18/h7,12H,8-11H2,1-6H3,(H,19,20,22). The zero-order valence-electron chi connectivity index (χ0n) is 15.2. The van der Waals surface area contributed by atoms with Crippen LogP contribution < -0.4 is 5.32 Å². The van der Waals surface area contributed by atoms with Crippen molar-refractivity contribution in [2.45, 2.75) is 72.3 Å². The minimum atomic E-state index is -0.113. The first-order valence-electron chi connectivity index (χ1n) is 8.52. The minimum absolute atomic E-state index is 0.0508. The second-order valence-corrected chi connectivity index (χ2v) is 9.60. The van der Waals surface area contributed by atoms with Gasteiger partial charge in [-0.25, -0.2) is 4.79 Å². The number of hydrogen-bond donors (Lipinski definition) is 1. The molecule has 1 aromatic rings. The van der Waals surface area contributed by atoms with E-state index in [-0.39, 0.29) is 16.9 Å². The number of nitrogens with one attached hydrogen (secondary N) is 1. The maximum Gasteiger partial charge on any atom is 0.323 e. The van der Waals surface area contributed by atoms with E-state index in [1.165, 1.54) is 6.42 Å². The summed E-state index contributed by atoms with van der Waals surface area (Å²) in [6.07, 6.45) is 3.36. The average molecular weight is 319 g/mol. The summed E-state index contributed by atoms with van der Waals surface area (Å²) in [6.45, 7) is 13.9. The summed E-state index contributed by atoms with van der Waals surface area (Å²) >= 11 is 0. The molecule has 2 fully saturated rings. The number of anilines is 1. The van der Waals surface area contributed by atoms with Crippen molar-refractivity contribution in [3.63, 3.8) is 0 Å². The maximum absolute atomic E-state index is 12.7. The van der Waals surface area contributed by atoms with Gasteiger partial charge in [-0.2, -0.15) is 0 Å². The summed E-state index contributed by atoms with van der Waals surface area (Å²) < 4.78 is 5.35. The van der Waals surface area contributed by atoms with Crippen molar-refractivity contribution in [1.82, 2.24) is 10.1 Å². The molecule has 2 heterocycles. The van der Waals surface area contributed by atoms with Gasteiger partial charge in [-0.05, 0) is 30.1 Å². The fourth-order valence-corrected chi connectivity index (χ4v) is 4.57. The van der Waals surface area contributed by atoms with E-state index < -0.39 is 0 Å². The van der Waals surface area contributed by atoms with E-state index in [2.05, 4.69) is 52.0 Å². The van der Waals surface area contributed by atoms with E-state index in [1.807, 2.05) is 11.0 Å². The lowest BCUT2D eigenvalue weighted by Gasteiger charge is -2.39. The molecule has 1 saturated carbocycles. The van der Waals surface area contributed by atoms with Crippen LogP contribution in [0.3, 0.4) is 0 Å². The number of carbonyl (C=O) groups is 1. The lowest BCUT2D eigenvalue weighted by Crippen LogP contribution is -2.40. The molecule has 3 rings (SSSR count). The monoisotopic (exact) mass is 319 g/mol. The first kappa shape index (κ1) is 16.3. The number of hydrogen-bond acceptors (Lipinski definition) is 3. The van der Waals surface area contributed by atoms with Crippen LogP contribution in [0.4, 0.5) is 10.6 Å². The highest BCUT2D eigenvalue weighted by Crippen LogP contribution is 2.52. The number of fused-ring (bicyclic) bond motifs is 2. The Morgan fingerprint density at radius 1 is 1.35 bits per heavy atom. The van der Waals surface area contributed by atoms with Gasteiger partial charge in [0.2, 0.25) is 0 Å². The Hall–Kier alpha value is -1.52. The Labute approximate surface area is 138 Å².